The molecule has 0 radical (unpaired) electrons. The summed E-state index contributed by atoms with van der Waals surface area (Å²) in [5.41, 5.74) is -5.53. The highest BCUT2D eigenvalue weighted by molar-refractivity contribution is 7.86. The van der Waals surface area contributed by atoms with Crippen LogP contribution in [0.25, 0.3) is 0 Å². The van der Waals surface area contributed by atoms with Crippen molar-refractivity contribution >= 4 is 10.1 Å². The van der Waals surface area contributed by atoms with Gasteiger partial charge in [0.05, 0.1) is 6.67 Å². The molecule has 0 aromatic carbocycles. The molecule has 1 rings (SSSR count). The largest absolute Gasteiger partial charge is 0.522 e. The van der Waals surface area contributed by atoms with Crippen LogP contribution < -0.4 is 0 Å². The summed E-state index contributed by atoms with van der Waals surface area (Å²) < 4.78 is 57.5. The Balaban J connectivity index is 0.000000433. The average molecular weight is 332 g/mol. The van der Waals surface area contributed by atoms with Gasteiger partial charge in [0, 0.05) is 25.5 Å². The van der Waals surface area contributed by atoms with Crippen molar-refractivity contribution in [1.29, 1.82) is 0 Å². The molecule has 1 aliphatic rings. The molecular formula is C12H23F3N2O3S. The van der Waals surface area contributed by atoms with Gasteiger partial charge in [-0.1, -0.05) is 26.7 Å². The van der Waals surface area contributed by atoms with E-state index in [0.717, 1.165) is 6.67 Å². The van der Waals surface area contributed by atoms with Gasteiger partial charge >= 0.3 is 15.6 Å². The molecule has 0 fully saturated rings. The molecule has 126 valence electrons. The fourth-order valence-electron chi connectivity index (χ4n) is 1.53. The highest BCUT2D eigenvalue weighted by Gasteiger charge is 2.44. The van der Waals surface area contributed by atoms with E-state index in [1.165, 1.54) is 38.8 Å². The lowest BCUT2D eigenvalue weighted by Gasteiger charge is -2.20. The van der Waals surface area contributed by atoms with Crippen LogP contribution in [-0.2, 0) is 10.1 Å². The molecule has 0 amide bonds. The Kier molecular flexibility index (Phi) is 8.72. The Morgan fingerprint density at radius 2 is 1.38 bits per heavy atom. The van der Waals surface area contributed by atoms with E-state index >= 15 is 0 Å². The topological polar surface area (TPSA) is 60.9 Å². The first-order valence-electron chi connectivity index (χ1n) is 6.82. The summed E-state index contributed by atoms with van der Waals surface area (Å²) in [4.78, 5) is 4.80. The fourth-order valence-corrected chi connectivity index (χ4v) is 1.53. The summed E-state index contributed by atoms with van der Waals surface area (Å²) in [6.45, 7) is 8.04. The zero-order chi connectivity index (χ0) is 16.5. The van der Waals surface area contributed by atoms with Crippen molar-refractivity contribution in [2.75, 3.05) is 19.8 Å². The molecule has 1 N–H and O–H groups in total. The van der Waals surface area contributed by atoms with Crippen LogP contribution in [-0.4, -0.2) is 48.0 Å². The van der Waals surface area contributed by atoms with E-state index < -0.39 is 15.6 Å². The zero-order valence-electron chi connectivity index (χ0n) is 12.3. The average Bonchev–Trinajstić information content (AvgIpc) is 2.80. The molecule has 0 atom stereocenters. The first-order chi connectivity index (χ1) is 9.61. The Bertz CT molecular complexity index is 394. The van der Waals surface area contributed by atoms with Crippen molar-refractivity contribution < 1.29 is 26.1 Å². The van der Waals surface area contributed by atoms with Crippen molar-refractivity contribution in [2.24, 2.45) is 0 Å². The predicted molar refractivity (Wildman–Crippen MR) is 74.8 cm³/mol. The van der Waals surface area contributed by atoms with Crippen molar-refractivity contribution in [3.8, 4) is 0 Å². The maximum Gasteiger partial charge on any atom is 0.522 e. The monoisotopic (exact) mass is 332 g/mol. The van der Waals surface area contributed by atoms with Gasteiger partial charge in [-0.15, -0.1) is 0 Å². The van der Waals surface area contributed by atoms with E-state index in [1.54, 1.807) is 0 Å². The Morgan fingerprint density at radius 3 is 1.62 bits per heavy atom. The van der Waals surface area contributed by atoms with Gasteiger partial charge in [0.15, 0.2) is 0 Å². The third kappa shape index (κ3) is 8.82. The van der Waals surface area contributed by atoms with Crippen LogP contribution in [0.1, 0.15) is 39.5 Å². The Morgan fingerprint density at radius 1 is 1.05 bits per heavy atom. The van der Waals surface area contributed by atoms with Gasteiger partial charge in [0.25, 0.3) is 0 Å². The summed E-state index contributed by atoms with van der Waals surface area (Å²) in [6, 6.07) is 0. The SMILES string of the molecule is CCCCN1C=CN(CCCC)C1.O=S(=O)(O)C(F)(F)F. The van der Waals surface area contributed by atoms with E-state index in [4.69, 9.17) is 13.0 Å². The first kappa shape index (κ1) is 20.0. The van der Waals surface area contributed by atoms with E-state index in [-0.39, 0.29) is 0 Å². The number of alkyl halides is 3. The first-order valence-corrected chi connectivity index (χ1v) is 8.26. The lowest BCUT2D eigenvalue weighted by molar-refractivity contribution is -0.0510. The van der Waals surface area contributed by atoms with Crippen LogP contribution in [0.3, 0.4) is 0 Å². The molecule has 1 aliphatic heterocycles. The van der Waals surface area contributed by atoms with Crippen molar-refractivity contribution in [3.63, 3.8) is 0 Å². The van der Waals surface area contributed by atoms with Crippen LogP contribution in [0.5, 0.6) is 0 Å². The van der Waals surface area contributed by atoms with Crippen molar-refractivity contribution in [3.05, 3.63) is 12.4 Å². The van der Waals surface area contributed by atoms with Crippen LogP contribution in [0.4, 0.5) is 13.2 Å². The molecule has 0 spiro atoms. The zero-order valence-corrected chi connectivity index (χ0v) is 13.1. The summed E-state index contributed by atoms with van der Waals surface area (Å²) in [5.74, 6) is 0. The Labute approximate surface area is 124 Å². The van der Waals surface area contributed by atoms with Crippen molar-refractivity contribution in [1.82, 2.24) is 9.80 Å². The molecule has 21 heavy (non-hydrogen) atoms. The van der Waals surface area contributed by atoms with Gasteiger partial charge in [0.1, 0.15) is 0 Å². The Hall–Kier alpha value is -0.960. The van der Waals surface area contributed by atoms with Gasteiger partial charge < -0.3 is 9.80 Å². The quantitative estimate of drug-likeness (QED) is 0.598. The van der Waals surface area contributed by atoms with Crippen molar-refractivity contribution in [2.45, 2.75) is 45.0 Å². The smallest absolute Gasteiger partial charge is 0.359 e. The van der Waals surface area contributed by atoms with Crippen LogP contribution in [0, 0.1) is 0 Å². The highest BCUT2D eigenvalue weighted by Crippen LogP contribution is 2.20. The van der Waals surface area contributed by atoms with E-state index in [2.05, 4.69) is 36.0 Å². The molecule has 0 saturated carbocycles. The molecular weight excluding hydrogens is 309 g/mol. The predicted octanol–water partition coefficient (Wildman–Crippen LogP) is 3.03. The van der Waals surface area contributed by atoms with Gasteiger partial charge in [0.2, 0.25) is 0 Å². The number of halogens is 3. The summed E-state index contributed by atoms with van der Waals surface area (Å²) in [6.07, 6.45) is 9.66. The maximum atomic E-state index is 10.7. The molecule has 0 unspecified atom stereocenters. The molecule has 0 aliphatic carbocycles. The third-order valence-corrected chi connectivity index (χ3v) is 3.33. The number of unbranched alkanes of at least 4 members (excludes halogenated alkanes) is 2. The molecule has 1 heterocycles. The van der Waals surface area contributed by atoms with Gasteiger partial charge in [-0.05, 0) is 12.8 Å². The molecule has 0 bridgehead atoms. The maximum absolute atomic E-state index is 10.7. The minimum atomic E-state index is -5.84. The molecule has 5 nitrogen and oxygen atoms in total. The van der Waals surface area contributed by atoms with E-state index in [1.807, 2.05) is 0 Å². The third-order valence-electron chi connectivity index (χ3n) is 2.74. The van der Waals surface area contributed by atoms with E-state index in [0.29, 0.717) is 0 Å². The second-order valence-electron chi connectivity index (χ2n) is 4.69. The van der Waals surface area contributed by atoms with Gasteiger partial charge in [-0.3, -0.25) is 4.55 Å². The van der Waals surface area contributed by atoms with Gasteiger partial charge in [-0.2, -0.15) is 21.6 Å². The minimum absolute atomic E-state index is 1.11. The molecule has 9 heteroatoms. The second-order valence-corrected chi connectivity index (χ2v) is 6.11. The molecule has 0 aromatic rings. The standard InChI is InChI=1S/C11H22N2.CHF3O3S/c1-3-5-7-12-9-10-13(11-12)8-6-4-2;2-1(3,4)8(5,6)7/h9-10H,3-8,11H2,1-2H3;(H,5,6,7). The minimum Gasteiger partial charge on any atom is -0.359 e. The molecule has 0 aromatic heterocycles. The lowest BCUT2D eigenvalue weighted by atomic mass is 10.3. The number of hydrogen-bond donors (Lipinski definition) is 1. The lowest BCUT2D eigenvalue weighted by Crippen LogP contribution is -2.26. The van der Waals surface area contributed by atoms with Crippen LogP contribution >= 0.6 is 0 Å². The highest BCUT2D eigenvalue weighted by atomic mass is 32.2. The fraction of sp³-hybridized carbons (Fsp3) is 0.833. The van der Waals surface area contributed by atoms with Crippen LogP contribution in [0.2, 0.25) is 0 Å². The van der Waals surface area contributed by atoms with Gasteiger partial charge in [-0.25, -0.2) is 0 Å². The normalized spacial score (nSPS) is 15.1. The summed E-state index contributed by atoms with van der Waals surface area (Å²) >= 11 is 0. The second kappa shape index (κ2) is 9.14. The van der Waals surface area contributed by atoms with E-state index in [9.17, 15) is 13.2 Å². The number of nitrogens with zero attached hydrogens (tertiary/aromatic N) is 2. The summed E-state index contributed by atoms with van der Waals surface area (Å²) in [5, 5.41) is 0. The van der Waals surface area contributed by atoms with Crippen LogP contribution in [0.15, 0.2) is 12.4 Å². The molecule has 0 saturated heterocycles. The summed E-state index contributed by atoms with van der Waals surface area (Å²) in [7, 11) is -5.84. The number of rotatable bonds is 6. The number of hydrogen-bond acceptors (Lipinski definition) is 4.